The molecule has 7 heteroatoms. The van der Waals surface area contributed by atoms with Gasteiger partial charge in [0.15, 0.2) is 0 Å². The van der Waals surface area contributed by atoms with Crippen molar-refractivity contribution >= 4 is 11.9 Å². The maximum absolute atomic E-state index is 12.1. The Morgan fingerprint density at radius 1 is 1.72 bits per heavy atom. The van der Waals surface area contributed by atoms with Gasteiger partial charge in [-0.25, -0.2) is 9.67 Å². The lowest BCUT2D eigenvalue weighted by Gasteiger charge is -2.23. The molecular formula is C11H19N5O2. The van der Waals surface area contributed by atoms with Crippen LogP contribution in [0.1, 0.15) is 19.8 Å². The van der Waals surface area contributed by atoms with Crippen LogP contribution in [-0.4, -0.2) is 51.4 Å². The molecule has 2 heterocycles. The summed E-state index contributed by atoms with van der Waals surface area (Å²) in [6.45, 7) is 4.26. The molecule has 0 bridgehead atoms. The smallest absolute Gasteiger partial charge is 0.244 e. The van der Waals surface area contributed by atoms with Crippen molar-refractivity contribution in [2.45, 2.75) is 32.4 Å². The van der Waals surface area contributed by atoms with Crippen molar-refractivity contribution in [1.82, 2.24) is 19.7 Å². The number of rotatable bonds is 5. The van der Waals surface area contributed by atoms with Gasteiger partial charge in [-0.15, -0.1) is 5.10 Å². The van der Waals surface area contributed by atoms with Crippen LogP contribution in [0.2, 0.25) is 0 Å². The number of nitrogens with two attached hydrogens (primary N) is 1. The van der Waals surface area contributed by atoms with Crippen LogP contribution in [0.4, 0.5) is 5.95 Å². The van der Waals surface area contributed by atoms with Gasteiger partial charge in [-0.1, -0.05) is 0 Å². The molecule has 1 atom stereocenters. The van der Waals surface area contributed by atoms with E-state index in [2.05, 4.69) is 10.1 Å². The van der Waals surface area contributed by atoms with Crippen LogP contribution in [0.25, 0.3) is 0 Å². The number of anilines is 1. The van der Waals surface area contributed by atoms with Gasteiger partial charge in [0.25, 0.3) is 0 Å². The maximum Gasteiger partial charge on any atom is 0.244 e. The van der Waals surface area contributed by atoms with Gasteiger partial charge in [0.05, 0.1) is 6.10 Å². The second-order valence-corrected chi connectivity index (χ2v) is 4.37. The molecule has 1 fully saturated rings. The van der Waals surface area contributed by atoms with E-state index in [4.69, 9.17) is 10.5 Å². The third-order valence-electron chi connectivity index (χ3n) is 3.03. The van der Waals surface area contributed by atoms with E-state index in [1.807, 2.05) is 6.92 Å². The van der Waals surface area contributed by atoms with Crippen LogP contribution in [0.5, 0.6) is 0 Å². The summed E-state index contributed by atoms with van der Waals surface area (Å²) in [7, 11) is 0. The minimum atomic E-state index is 0.0119. The second kappa shape index (κ2) is 5.81. The zero-order valence-electron chi connectivity index (χ0n) is 10.6. The lowest BCUT2D eigenvalue weighted by Crippen LogP contribution is -2.39. The highest BCUT2D eigenvalue weighted by Gasteiger charge is 2.21. The summed E-state index contributed by atoms with van der Waals surface area (Å²) < 4.78 is 7.00. The Morgan fingerprint density at radius 3 is 3.11 bits per heavy atom. The zero-order valence-corrected chi connectivity index (χ0v) is 10.6. The highest BCUT2D eigenvalue weighted by molar-refractivity contribution is 5.75. The lowest BCUT2D eigenvalue weighted by molar-refractivity contribution is -0.133. The van der Waals surface area contributed by atoms with E-state index in [0.717, 1.165) is 19.4 Å². The number of nitrogen functional groups attached to an aromatic ring is 1. The summed E-state index contributed by atoms with van der Waals surface area (Å²) in [5.41, 5.74) is 5.41. The maximum atomic E-state index is 12.1. The molecule has 1 aliphatic rings. The van der Waals surface area contributed by atoms with E-state index in [9.17, 15) is 4.79 Å². The normalized spacial score (nSPS) is 19.1. The molecular weight excluding hydrogens is 234 g/mol. The van der Waals surface area contributed by atoms with Crippen molar-refractivity contribution in [1.29, 1.82) is 0 Å². The Labute approximate surface area is 106 Å². The summed E-state index contributed by atoms with van der Waals surface area (Å²) >= 11 is 0. The third kappa shape index (κ3) is 3.19. The number of carbonyl (C=O) groups excluding carboxylic acids is 1. The molecule has 1 unspecified atom stereocenters. The molecule has 1 aromatic rings. The number of hydrogen-bond donors (Lipinski definition) is 1. The number of hydrogen-bond acceptors (Lipinski definition) is 5. The molecule has 0 spiro atoms. The Kier molecular flexibility index (Phi) is 4.14. The molecule has 0 aliphatic carbocycles. The van der Waals surface area contributed by atoms with Gasteiger partial charge in [-0.2, -0.15) is 0 Å². The monoisotopic (exact) mass is 253 g/mol. The largest absolute Gasteiger partial charge is 0.376 e. The minimum Gasteiger partial charge on any atom is -0.376 e. The highest BCUT2D eigenvalue weighted by Crippen LogP contribution is 2.13. The Morgan fingerprint density at radius 2 is 2.56 bits per heavy atom. The van der Waals surface area contributed by atoms with Crippen molar-refractivity contribution in [3.63, 3.8) is 0 Å². The zero-order chi connectivity index (χ0) is 13.0. The second-order valence-electron chi connectivity index (χ2n) is 4.37. The lowest BCUT2D eigenvalue weighted by atomic mass is 10.2. The molecule has 2 rings (SSSR count). The van der Waals surface area contributed by atoms with E-state index in [1.54, 1.807) is 4.90 Å². The summed E-state index contributed by atoms with van der Waals surface area (Å²) in [5.74, 6) is 0.197. The molecule has 18 heavy (non-hydrogen) atoms. The molecule has 0 saturated carbocycles. The van der Waals surface area contributed by atoms with Gasteiger partial charge >= 0.3 is 0 Å². The van der Waals surface area contributed by atoms with Gasteiger partial charge in [-0.05, 0) is 19.8 Å². The SMILES string of the molecule is CCN(CC1CCCO1)C(=O)Cn1cnc(N)n1. The first-order valence-electron chi connectivity index (χ1n) is 6.23. The van der Waals surface area contributed by atoms with Gasteiger partial charge in [0.1, 0.15) is 12.9 Å². The van der Waals surface area contributed by atoms with Gasteiger partial charge in [-0.3, -0.25) is 4.79 Å². The molecule has 0 aromatic carbocycles. The van der Waals surface area contributed by atoms with Crippen molar-refractivity contribution in [2.75, 3.05) is 25.4 Å². The number of aromatic nitrogens is 3. The van der Waals surface area contributed by atoms with Gasteiger partial charge < -0.3 is 15.4 Å². The Balaban J connectivity index is 1.88. The predicted octanol–water partition coefficient (Wildman–Crippen LogP) is -0.112. The van der Waals surface area contributed by atoms with E-state index in [1.165, 1.54) is 11.0 Å². The van der Waals surface area contributed by atoms with Crippen molar-refractivity contribution in [3.05, 3.63) is 6.33 Å². The number of amides is 1. The third-order valence-corrected chi connectivity index (χ3v) is 3.03. The number of carbonyl (C=O) groups is 1. The Hall–Kier alpha value is -1.63. The minimum absolute atomic E-state index is 0.0119. The predicted molar refractivity (Wildman–Crippen MR) is 65.7 cm³/mol. The Bertz CT molecular complexity index is 400. The molecule has 1 saturated heterocycles. The summed E-state index contributed by atoms with van der Waals surface area (Å²) in [6.07, 6.45) is 3.75. The van der Waals surface area contributed by atoms with Gasteiger partial charge in [0, 0.05) is 19.7 Å². The van der Waals surface area contributed by atoms with E-state index in [-0.39, 0.29) is 24.5 Å². The van der Waals surface area contributed by atoms with Crippen LogP contribution in [0.15, 0.2) is 6.33 Å². The number of likely N-dealkylation sites (N-methyl/N-ethyl adjacent to an activating group) is 1. The molecule has 0 radical (unpaired) electrons. The van der Waals surface area contributed by atoms with E-state index < -0.39 is 0 Å². The number of ether oxygens (including phenoxy) is 1. The van der Waals surface area contributed by atoms with E-state index >= 15 is 0 Å². The van der Waals surface area contributed by atoms with Crippen LogP contribution >= 0.6 is 0 Å². The molecule has 1 aromatic heterocycles. The highest BCUT2D eigenvalue weighted by atomic mass is 16.5. The first-order valence-corrected chi connectivity index (χ1v) is 6.23. The van der Waals surface area contributed by atoms with Crippen LogP contribution in [0.3, 0.4) is 0 Å². The van der Waals surface area contributed by atoms with Crippen LogP contribution in [0, 0.1) is 0 Å². The van der Waals surface area contributed by atoms with Crippen molar-refractivity contribution in [3.8, 4) is 0 Å². The first-order chi connectivity index (χ1) is 8.69. The fourth-order valence-corrected chi connectivity index (χ4v) is 2.07. The summed E-state index contributed by atoms with van der Waals surface area (Å²) in [5, 5.41) is 3.90. The van der Waals surface area contributed by atoms with E-state index in [0.29, 0.717) is 13.1 Å². The van der Waals surface area contributed by atoms with Crippen LogP contribution in [-0.2, 0) is 16.1 Å². The van der Waals surface area contributed by atoms with Gasteiger partial charge in [0.2, 0.25) is 11.9 Å². The quantitative estimate of drug-likeness (QED) is 0.791. The number of nitrogens with zero attached hydrogens (tertiary/aromatic N) is 4. The standard InChI is InChI=1S/C11H19N5O2/c1-2-15(6-9-4-3-5-18-9)10(17)7-16-8-13-11(12)14-16/h8-9H,2-7H2,1H3,(H2,12,14). The summed E-state index contributed by atoms with van der Waals surface area (Å²) in [6, 6.07) is 0. The molecule has 2 N–H and O–H groups in total. The fraction of sp³-hybridized carbons (Fsp3) is 0.727. The van der Waals surface area contributed by atoms with Crippen LogP contribution < -0.4 is 5.73 Å². The van der Waals surface area contributed by atoms with Crippen molar-refractivity contribution in [2.24, 2.45) is 0 Å². The summed E-state index contributed by atoms with van der Waals surface area (Å²) in [4.78, 5) is 17.7. The topological polar surface area (TPSA) is 86.3 Å². The molecule has 7 nitrogen and oxygen atoms in total. The average molecular weight is 253 g/mol. The van der Waals surface area contributed by atoms with Crippen molar-refractivity contribution < 1.29 is 9.53 Å². The first kappa shape index (κ1) is 12.8. The molecule has 1 amide bonds. The molecule has 1 aliphatic heterocycles. The fourth-order valence-electron chi connectivity index (χ4n) is 2.07. The molecule has 100 valence electrons. The average Bonchev–Trinajstić information content (AvgIpc) is 2.97.